The highest BCUT2D eigenvalue weighted by Gasteiger charge is 2.42. The van der Waals surface area contributed by atoms with Crippen LogP contribution in [0.3, 0.4) is 0 Å². The number of nitrogens with one attached hydrogen (secondary N) is 1. The zero-order chi connectivity index (χ0) is 12.8. The van der Waals surface area contributed by atoms with Gasteiger partial charge in [0.25, 0.3) is 10.0 Å². The second-order valence-electron chi connectivity index (χ2n) is 4.90. The topological polar surface area (TPSA) is 58.5 Å². The van der Waals surface area contributed by atoms with Crippen LogP contribution < -0.4 is 4.72 Å². The Hall–Kier alpha value is -1.07. The van der Waals surface area contributed by atoms with Crippen molar-refractivity contribution in [3.8, 4) is 0 Å². The second-order valence-corrected chi connectivity index (χ2v) is 6.82. The highest BCUT2D eigenvalue weighted by atomic mass is 35.5. The Balaban J connectivity index is 1.94. The number of hydrogen-bond donors (Lipinski definition) is 1. The number of benzene rings is 1. The van der Waals surface area contributed by atoms with Gasteiger partial charge in [-0.25, -0.2) is 8.42 Å². The average Bonchev–Trinajstić information content (AvgIpc) is 3.10. The average molecular weight is 285 g/mol. The highest BCUT2D eigenvalue weighted by Crippen LogP contribution is 2.46. The lowest BCUT2D eigenvalue weighted by molar-refractivity contribution is 0.591. The maximum Gasteiger partial charge on any atom is 0.263 e. The van der Waals surface area contributed by atoms with Gasteiger partial charge in [0.2, 0.25) is 0 Å². The van der Waals surface area contributed by atoms with Crippen LogP contribution in [-0.4, -0.2) is 26.7 Å². The highest BCUT2D eigenvalue weighted by molar-refractivity contribution is 7.90. The maximum absolute atomic E-state index is 11.9. The molecule has 1 N–H and O–H groups in total. The molecule has 1 aromatic carbocycles. The molecule has 1 aliphatic carbocycles. The van der Waals surface area contributed by atoms with Crippen LogP contribution in [-0.2, 0) is 10.0 Å². The number of halogens is 1. The Morgan fingerprint density at radius 1 is 1.33 bits per heavy atom. The molecule has 0 bridgehead atoms. The third-order valence-corrected chi connectivity index (χ3v) is 5.44. The Bertz CT molecular complexity index is 621. The number of aliphatic imine (C=N–C) groups is 1. The lowest BCUT2D eigenvalue weighted by Crippen LogP contribution is -2.23. The van der Waals surface area contributed by atoms with Gasteiger partial charge in [0.15, 0.2) is 0 Å². The van der Waals surface area contributed by atoms with Crippen molar-refractivity contribution in [1.82, 2.24) is 4.72 Å². The van der Waals surface area contributed by atoms with Crippen molar-refractivity contribution in [3.63, 3.8) is 0 Å². The van der Waals surface area contributed by atoms with E-state index in [2.05, 4.69) is 9.71 Å². The summed E-state index contributed by atoms with van der Waals surface area (Å²) in [6, 6.07) is 6.88. The minimum Gasteiger partial charge on any atom is -0.267 e. The van der Waals surface area contributed by atoms with Crippen LogP contribution in [0.15, 0.2) is 34.2 Å². The third kappa shape index (κ3) is 1.91. The number of sulfonamides is 1. The van der Waals surface area contributed by atoms with E-state index in [0.29, 0.717) is 28.7 Å². The van der Waals surface area contributed by atoms with Crippen LogP contribution in [0.2, 0.25) is 0 Å². The normalized spacial score (nSPS) is 24.6. The number of fused-ring (bicyclic) bond motifs is 1. The van der Waals surface area contributed by atoms with Gasteiger partial charge in [0.1, 0.15) is 5.84 Å². The summed E-state index contributed by atoms with van der Waals surface area (Å²) in [5, 5.41) is 0. The molecule has 6 heteroatoms. The summed E-state index contributed by atoms with van der Waals surface area (Å²) in [7, 11) is -3.42. The predicted octanol–water partition coefficient (Wildman–Crippen LogP) is 1.74. The monoisotopic (exact) mass is 284 g/mol. The summed E-state index contributed by atoms with van der Waals surface area (Å²) in [6.45, 7) is 0.586. The first-order chi connectivity index (χ1) is 8.56. The van der Waals surface area contributed by atoms with Crippen LogP contribution >= 0.6 is 11.6 Å². The number of alkyl halides is 1. The van der Waals surface area contributed by atoms with Gasteiger partial charge in [-0.2, -0.15) is 0 Å². The molecule has 0 unspecified atom stereocenters. The summed E-state index contributed by atoms with van der Waals surface area (Å²) >= 11 is 5.89. The van der Waals surface area contributed by atoms with E-state index in [1.807, 2.05) is 6.07 Å². The lowest BCUT2D eigenvalue weighted by Gasteiger charge is -2.07. The molecular formula is C12H13ClN2O2S. The van der Waals surface area contributed by atoms with Crippen molar-refractivity contribution in [1.29, 1.82) is 0 Å². The van der Waals surface area contributed by atoms with Gasteiger partial charge in [-0.1, -0.05) is 12.1 Å². The van der Waals surface area contributed by atoms with E-state index >= 15 is 0 Å². The molecule has 0 aromatic heterocycles. The van der Waals surface area contributed by atoms with E-state index in [-0.39, 0.29) is 5.41 Å². The third-order valence-electron chi connectivity index (χ3n) is 3.48. The first-order valence-electron chi connectivity index (χ1n) is 5.79. The van der Waals surface area contributed by atoms with Crippen LogP contribution in [0.4, 0.5) is 0 Å². The quantitative estimate of drug-likeness (QED) is 0.860. The molecule has 0 saturated heterocycles. The molecule has 2 aliphatic rings. The molecule has 1 saturated carbocycles. The minimum absolute atomic E-state index is 0.0948. The van der Waals surface area contributed by atoms with Crippen LogP contribution in [0.25, 0.3) is 0 Å². The molecule has 4 nitrogen and oxygen atoms in total. The van der Waals surface area contributed by atoms with E-state index < -0.39 is 10.0 Å². The molecule has 0 amide bonds. The van der Waals surface area contributed by atoms with E-state index in [0.717, 1.165) is 12.8 Å². The number of amidine groups is 1. The fourth-order valence-electron chi connectivity index (χ4n) is 2.01. The molecule has 3 rings (SSSR count). The Morgan fingerprint density at radius 2 is 2.06 bits per heavy atom. The van der Waals surface area contributed by atoms with Crippen molar-refractivity contribution in [2.45, 2.75) is 17.7 Å². The zero-order valence-electron chi connectivity index (χ0n) is 9.69. The largest absolute Gasteiger partial charge is 0.267 e. The first kappa shape index (κ1) is 12.0. The van der Waals surface area contributed by atoms with Gasteiger partial charge in [-0.05, 0) is 25.0 Å². The molecule has 1 aliphatic heterocycles. The van der Waals surface area contributed by atoms with Crippen molar-refractivity contribution in [2.24, 2.45) is 10.4 Å². The van der Waals surface area contributed by atoms with Crippen molar-refractivity contribution in [2.75, 3.05) is 12.4 Å². The SMILES string of the molecule is O=S1(=O)NC(=NCC2(CCl)CC2)c2ccccc21. The van der Waals surface area contributed by atoms with Gasteiger partial charge >= 0.3 is 0 Å². The standard InChI is InChI=1S/C12H13ClN2O2S/c13-7-12(5-6-12)8-14-11-9-3-1-2-4-10(9)18(16,17)15-11/h1-4H,5-8H2,(H,14,15). The smallest absolute Gasteiger partial charge is 0.263 e. The summed E-state index contributed by atoms with van der Waals surface area (Å²) in [6.07, 6.45) is 2.14. The van der Waals surface area contributed by atoms with Gasteiger partial charge < -0.3 is 0 Å². The molecule has 1 aromatic rings. The molecule has 0 atom stereocenters. The van der Waals surface area contributed by atoms with Crippen molar-refractivity contribution < 1.29 is 8.42 Å². The van der Waals surface area contributed by atoms with Gasteiger partial charge in [-0.3, -0.25) is 9.71 Å². The molecule has 96 valence electrons. The van der Waals surface area contributed by atoms with E-state index in [9.17, 15) is 8.42 Å². The maximum atomic E-state index is 11.9. The summed E-state index contributed by atoms with van der Waals surface area (Å²) < 4.78 is 26.2. The van der Waals surface area contributed by atoms with Crippen molar-refractivity contribution in [3.05, 3.63) is 29.8 Å². The molecule has 1 heterocycles. The predicted molar refractivity (Wildman–Crippen MR) is 70.6 cm³/mol. The van der Waals surface area contributed by atoms with Gasteiger partial charge in [0.05, 0.1) is 4.90 Å². The summed E-state index contributed by atoms with van der Waals surface area (Å²) in [4.78, 5) is 4.71. The van der Waals surface area contributed by atoms with E-state index in [1.54, 1.807) is 18.2 Å². The molecule has 0 spiro atoms. The van der Waals surface area contributed by atoms with E-state index in [1.165, 1.54) is 0 Å². The number of rotatable bonds is 3. The van der Waals surface area contributed by atoms with Crippen LogP contribution in [0, 0.1) is 5.41 Å². The second kappa shape index (κ2) is 3.96. The first-order valence-corrected chi connectivity index (χ1v) is 7.81. The lowest BCUT2D eigenvalue weighted by atomic mass is 10.1. The van der Waals surface area contributed by atoms with Crippen LogP contribution in [0.5, 0.6) is 0 Å². The number of hydrogen-bond acceptors (Lipinski definition) is 3. The van der Waals surface area contributed by atoms with Gasteiger partial charge in [-0.15, -0.1) is 11.6 Å². The molecule has 0 radical (unpaired) electrons. The summed E-state index contributed by atoms with van der Waals surface area (Å²) in [5.74, 6) is 1.03. The molecule has 1 fully saturated rings. The van der Waals surface area contributed by atoms with Gasteiger partial charge in [0, 0.05) is 23.4 Å². The molecule has 18 heavy (non-hydrogen) atoms. The summed E-state index contributed by atoms with van der Waals surface area (Å²) in [5.41, 5.74) is 0.750. The minimum atomic E-state index is -3.42. The Labute approximate surface area is 111 Å². The molecular weight excluding hydrogens is 272 g/mol. The fraction of sp³-hybridized carbons (Fsp3) is 0.417. The van der Waals surface area contributed by atoms with Crippen LogP contribution in [0.1, 0.15) is 18.4 Å². The van der Waals surface area contributed by atoms with Crippen molar-refractivity contribution >= 4 is 27.5 Å². The Morgan fingerprint density at radius 3 is 2.72 bits per heavy atom. The fourth-order valence-corrected chi connectivity index (χ4v) is 3.61. The Kier molecular flexibility index (Phi) is 2.64. The zero-order valence-corrected chi connectivity index (χ0v) is 11.3. The van der Waals surface area contributed by atoms with E-state index in [4.69, 9.17) is 11.6 Å². The number of nitrogens with zero attached hydrogens (tertiary/aromatic N) is 1.